The zero-order valence-corrected chi connectivity index (χ0v) is 22.6. The molecule has 0 bridgehead atoms. The molecule has 0 radical (unpaired) electrons. The largest absolute Gasteiger partial charge is 0.504 e. The van der Waals surface area contributed by atoms with Crippen LogP contribution in [0.5, 0.6) is 11.5 Å². The number of phenols is 2. The monoisotopic (exact) mass is 600 g/mol. The second-order valence-electron chi connectivity index (χ2n) is 8.91. The van der Waals surface area contributed by atoms with Gasteiger partial charge < -0.3 is 36.5 Å². The number of hydrogen-bond acceptors (Lipinski definition) is 13. The van der Waals surface area contributed by atoms with Crippen LogP contribution < -0.4 is 16.4 Å². The Kier molecular flexibility index (Phi) is 8.22. The molecule has 1 aliphatic heterocycles. The first-order valence-electron chi connectivity index (χ1n) is 11.1. The first-order chi connectivity index (χ1) is 18.4. The number of carbonyl (C=O) groups excluding carboxylic acids is 3. The van der Waals surface area contributed by atoms with Gasteiger partial charge in [0.25, 0.3) is 17.7 Å². The van der Waals surface area contributed by atoms with E-state index in [1.54, 1.807) is 0 Å². The van der Waals surface area contributed by atoms with E-state index in [4.69, 9.17) is 15.1 Å². The highest BCUT2D eigenvalue weighted by Crippen LogP contribution is 2.28. The van der Waals surface area contributed by atoms with E-state index in [1.165, 1.54) is 32.2 Å². The summed E-state index contributed by atoms with van der Waals surface area (Å²) < 4.78 is 32.0. The Bertz CT molecular complexity index is 1500. The Labute approximate surface area is 230 Å². The Hall–Kier alpha value is -4.49. The van der Waals surface area contributed by atoms with Gasteiger partial charge >= 0.3 is 16.3 Å². The van der Waals surface area contributed by atoms with E-state index in [2.05, 4.69) is 20.8 Å². The van der Waals surface area contributed by atoms with Crippen LogP contribution in [0.1, 0.15) is 38.1 Å². The van der Waals surface area contributed by atoms with Crippen LogP contribution in [0.15, 0.2) is 28.7 Å². The smallest absolute Gasteiger partial charge is 0.362 e. The number of nitrogens with one attached hydrogen (secondary N) is 2. The molecule has 19 heteroatoms. The number of anilines is 1. The lowest BCUT2D eigenvalue weighted by atomic mass is 10.0. The third kappa shape index (κ3) is 6.21. The maximum atomic E-state index is 13.0. The predicted octanol–water partition coefficient (Wildman–Crippen LogP) is -0.904. The fourth-order valence-corrected chi connectivity index (χ4v) is 4.86. The Morgan fingerprint density at radius 2 is 1.90 bits per heavy atom. The number of nitrogens with two attached hydrogens (primary N) is 1. The number of amides is 3. The molecule has 216 valence electrons. The van der Waals surface area contributed by atoms with Crippen LogP contribution in [0.2, 0.25) is 0 Å². The number of thiazole rings is 1. The molecule has 1 saturated heterocycles. The summed E-state index contributed by atoms with van der Waals surface area (Å²) in [6.07, 6.45) is 0. The zero-order chi connectivity index (χ0) is 30.2. The van der Waals surface area contributed by atoms with Crippen molar-refractivity contribution in [2.45, 2.75) is 44.5 Å². The van der Waals surface area contributed by atoms with E-state index in [0.717, 1.165) is 23.5 Å². The van der Waals surface area contributed by atoms with Gasteiger partial charge in [0.1, 0.15) is 11.7 Å². The van der Waals surface area contributed by atoms with E-state index in [-0.39, 0.29) is 20.7 Å². The zero-order valence-electron chi connectivity index (χ0n) is 20.9. The number of rotatable bonds is 10. The van der Waals surface area contributed by atoms with Crippen LogP contribution in [-0.4, -0.2) is 84.7 Å². The number of benzene rings is 1. The fraction of sp³-hybridized carbons (Fsp3) is 0.333. The molecule has 1 aliphatic rings. The molecule has 17 nitrogen and oxygen atoms in total. The molecule has 2 heterocycles. The Balaban J connectivity index is 1.82. The molecule has 3 atom stereocenters. The van der Waals surface area contributed by atoms with Gasteiger partial charge in [0.2, 0.25) is 5.60 Å². The normalized spacial score (nSPS) is 18.4. The molecule has 1 fully saturated rings. The lowest BCUT2D eigenvalue weighted by Gasteiger charge is -2.42. The van der Waals surface area contributed by atoms with Crippen molar-refractivity contribution in [2.24, 2.45) is 5.16 Å². The minimum absolute atomic E-state index is 0.0274. The summed E-state index contributed by atoms with van der Waals surface area (Å²) in [4.78, 5) is 59.1. The van der Waals surface area contributed by atoms with Crippen molar-refractivity contribution in [1.82, 2.24) is 19.9 Å². The van der Waals surface area contributed by atoms with E-state index < -0.39 is 74.9 Å². The van der Waals surface area contributed by atoms with Crippen LogP contribution >= 0.6 is 11.3 Å². The highest BCUT2D eigenvalue weighted by molar-refractivity contribution is 7.84. The molecule has 1 unspecified atom stereocenters. The van der Waals surface area contributed by atoms with Gasteiger partial charge in [-0.15, -0.1) is 11.3 Å². The molecule has 1 aromatic heterocycles. The number of phenolic OH excluding ortho intramolecular Hbond substituents is 2. The number of nitrogens with zero attached hydrogens (tertiary/aromatic N) is 3. The lowest BCUT2D eigenvalue weighted by Crippen LogP contribution is -2.71. The topological polar surface area (TPSA) is 271 Å². The summed E-state index contributed by atoms with van der Waals surface area (Å²) in [5.74, 6) is -5.82. The van der Waals surface area contributed by atoms with Gasteiger partial charge in [-0.3, -0.25) is 18.9 Å². The molecule has 3 rings (SSSR count). The van der Waals surface area contributed by atoms with Crippen LogP contribution in [0.25, 0.3) is 0 Å². The molecule has 3 amide bonds. The number of carboxylic acid groups (broad SMARTS) is 1. The summed E-state index contributed by atoms with van der Waals surface area (Å²) >= 11 is 0.925. The number of aromatic nitrogens is 1. The Morgan fingerprint density at radius 1 is 1.25 bits per heavy atom. The fourth-order valence-electron chi connectivity index (χ4n) is 3.43. The van der Waals surface area contributed by atoms with Gasteiger partial charge in [-0.25, -0.2) is 14.1 Å². The number of β-lactam (4-membered cyclic amide) rings is 1. The standard InChI is InChI=1S/C21H24N6O11S2/c1-8-13(17(31)27(8)40(35,36)37)24-16(30)15(10-7-39-20(22)23-10)26-38-21(2,3)19(34)25-14(18(32)33)9-4-5-11(28)12(29)6-9/h4-8,13-14,28-29H,1-3H3,(H2,22,23)(H,24,30)(H,25,34)(H,32,33)(H,35,36,37)/b26-15-/t8-,13-,14?/m0/s1. The molecule has 1 aromatic carbocycles. The van der Waals surface area contributed by atoms with Crippen LogP contribution in [0, 0.1) is 0 Å². The van der Waals surface area contributed by atoms with Gasteiger partial charge in [-0.05, 0) is 38.5 Å². The number of nitrogen functional groups attached to an aromatic ring is 1. The number of carboxylic acids is 1. The summed E-state index contributed by atoms with van der Waals surface area (Å²) in [7, 11) is -4.84. The second kappa shape index (κ2) is 10.9. The maximum absolute atomic E-state index is 13.0. The highest BCUT2D eigenvalue weighted by atomic mass is 32.2. The van der Waals surface area contributed by atoms with E-state index >= 15 is 0 Å². The van der Waals surface area contributed by atoms with Crippen molar-refractivity contribution < 1.29 is 52.3 Å². The highest BCUT2D eigenvalue weighted by Gasteiger charge is 2.51. The average Bonchev–Trinajstić information content (AvgIpc) is 3.27. The third-order valence-electron chi connectivity index (χ3n) is 5.62. The summed E-state index contributed by atoms with van der Waals surface area (Å²) in [6.45, 7) is 3.66. The summed E-state index contributed by atoms with van der Waals surface area (Å²) in [5, 5.41) is 38.2. The SMILES string of the molecule is C[C@H]1[C@H](NC(=O)/C(=N\OC(C)(C)C(=O)NC(C(=O)O)c2ccc(O)c(O)c2)c2csc(N)n2)C(=O)N1S(=O)(=O)O. The van der Waals surface area contributed by atoms with Crippen LogP contribution in [-0.2, 0) is 34.3 Å². The van der Waals surface area contributed by atoms with Crippen molar-refractivity contribution in [3.8, 4) is 11.5 Å². The quantitative estimate of drug-likeness (QED) is 0.0573. The van der Waals surface area contributed by atoms with Crippen molar-refractivity contribution in [3.63, 3.8) is 0 Å². The number of aromatic hydroxyl groups is 2. The lowest BCUT2D eigenvalue weighted by molar-refractivity contribution is -0.149. The predicted molar refractivity (Wildman–Crippen MR) is 136 cm³/mol. The number of carbonyl (C=O) groups is 4. The van der Waals surface area contributed by atoms with Crippen molar-refractivity contribution in [2.75, 3.05) is 5.73 Å². The molecule has 40 heavy (non-hydrogen) atoms. The van der Waals surface area contributed by atoms with E-state index in [1.807, 2.05) is 0 Å². The van der Waals surface area contributed by atoms with Crippen LogP contribution in [0.4, 0.5) is 5.13 Å². The molecular formula is C21H24N6O11S2. The summed E-state index contributed by atoms with van der Waals surface area (Å²) in [5.41, 5.74) is 2.95. The van der Waals surface area contributed by atoms with Gasteiger partial charge in [0.05, 0.1) is 6.04 Å². The van der Waals surface area contributed by atoms with E-state index in [0.29, 0.717) is 0 Å². The van der Waals surface area contributed by atoms with Crippen molar-refractivity contribution >= 4 is 56.2 Å². The first kappa shape index (κ1) is 30.1. The first-order valence-corrected chi connectivity index (χ1v) is 13.4. The van der Waals surface area contributed by atoms with Gasteiger partial charge in [0.15, 0.2) is 28.4 Å². The second-order valence-corrected chi connectivity index (χ2v) is 11.1. The minimum atomic E-state index is -4.84. The number of aliphatic carboxylic acids is 1. The Morgan fingerprint density at radius 3 is 2.40 bits per heavy atom. The number of oxime groups is 1. The number of hydrogen-bond donors (Lipinski definition) is 7. The van der Waals surface area contributed by atoms with Crippen LogP contribution in [0.3, 0.4) is 0 Å². The molecule has 8 N–H and O–H groups in total. The molecule has 0 aliphatic carbocycles. The van der Waals surface area contributed by atoms with Crippen molar-refractivity contribution in [1.29, 1.82) is 0 Å². The molecule has 0 spiro atoms. The maximum Gasteiger partial charge on any atom is 0.362 e. The summed E-state index contributed by atoms with van der Waals surface area (Å²) in [6, 6.07) is -1.02. The van der Waals surface area contributed by atoms with Gasteiger partial charge in [0, 0.05) is 5.38 Å². The third-order valence-corrected chi connectivity index (χ3v) is 7.30. The average molecular weight is 601 g/mol. The minimum Gasteiger partial charge on any atom is -0.504 e. The molecule has 0 saturated carbocycles. The van der Waals surface area contributed by atoms with Gasteiger partial charge in [-0.1, -0.05) is 11.2 Å². The molecular weight excluding hydrogens is 576 g/mol. The van der Waals surface area contributed by atoms with Crippen molar-refractivity contribution in [3.05, 3.63) is 34.8 Å². The van der Waals surface area contributed by atoms with E-state index in [9.17, 15) is 42.9 Å². The van der Waals surface area contributed by atoms with Gasteiger partial charge in [-0.2, -0.15) is 8.42 Å². The molecule has 2 aromatic rings.